The van der Waals surface area contributed by atoms with Gasteiger partial charge in [0.25, 0.3) is 5.92 Å². The zero-order chi connectivity index (χ0) is 19.9. The number of hydrogen-bond acceptors (Lipinski definition) is 3. The minimum Gasteiger partial charge on any atom is -0.324 e. The molecule has 6 nitrogen and oxygen atoms in total. The minimum absolute atomic E-state index is 0.0507. The van der Waals surface area contributed by atoms with Gasteiger partial charge in [0.05, 0.1) is 17.9 Å². The lowest BCUT2D eigenvalue weighted by atomic mass is 9.87. The highest BCUT2D eigenvalue weighted by Gasteiger charge is 2.81. The van der Waals surface area contributed by atoms with Gasteiger partial charge in [-0.3, -0.25) is 10.00 Å². The van der Waals surface area contributed by atoms with Crippen LogP contribution < -0.4 is 5.32 Å². The molecule has 2 heterocycles. The van der Waals surface area contributed by atoms with Gasteiger partial charge < -0.3 is 9.80 Å². The lowest BCUT2D eigenvalue weighted by molar-refractivity contribution is 0.0777. The maximum atomic E-state index is 14.7. The Kier molecular flexibility index (Phi) is 4.61. The van der Waals surface area contributed by atoms with Crippen LogP contribution in [-0.2, 0) is 12.0 Å². The molecule has 4 rings (SSSR count). The average Bonchev–Trinajstić information content (AvgIpc) is 2.96. The summed E-state index contributed by atoms with van der Waals surface area (Å²) in [4.78, 5) is 16.1. The Morgan fingerprint density at radius 3 is 2.71 bits per heavy atom. The standard InChI is InChI=1S/C20H25F2N5O/c1-25(2)12-13-27-10-8-17(24-27)23-18(28)26-11-9-19(15-6-4-3-5-7-15)16(14-26)20(19,21)22/h3-8,10,16H,9,11-14H2,1-2H3,(H,23,24,28). The number of halogens is 2. The highest BCUT2D eigenvalue weighted by Crippen LogP contribution is 2.70. The van der Waals surface area contributed by atoms with Crippen LogP contribution in [0.5, 0.6) is 0 Å². The Balaban J connectivity index is 1.39. The molecule has 1 aliphatic carbocycles. The van der Waals surface area contributed by atoms with Crippen LogP contribution in [0.1, 0.15) is 12.0 Å². The Hall–Kier alpha value is -2.48. The average molecular weight is 389 g/mol. The van der Waals surface area contributed by atoms with E-state index in [4.69, 9.17) is 0 Å². The quantitative estimate of drug-likeness (QED) is 0.856. The number of benzene rings is 1. The van der Waals surface area contributed by atoms with E-state index in [1.807, 2.05) is 25.1 Å². The van der Waals surface area contributed by atoms with Crippen LogP contribution in [0.4, 0.5) is 19.4 Å². The van der Waals surface area contributed by atoms with Crippen molar-refractivity contribution in [2.45, 2.75) is 24.3 Å². The molecule has 1 N–H and O–H groups in total. The number of hydrogen-bond donors (Lipinski definition) is 1. The fraction of sp³-hybridized carbons (Fsp3) is 0.500. The van der Waals surface area contributed by atoms with Crippen LogP contribution in [0.15, 0.2) is 42.6 Å². The van der Waals surface area contributed by atoms with Gasteiger partial charge in [0, 0.05) is 31.9 Å². The SMILES string of the molecule is CN(C)CCn1ccc(NC(=O)N2CCC3(c4ccccc4)C(C2)C3(F)F)n1. The molecule has 1 aromatic heterocycles. The molecular formula is C20H25F2N5O. The van der Waals surface area contributed by atoms with Crippen molar-refractivity contribution < 1.29 is 13.6 Å². The molecule has 2 atom stereocenters. The molecule has 0 bridgehead atoms. The molecule has 2 amide bonds. The lowest BCUT2D eigenvalue weighted by Gasteiger charge is -2.30. The first-order chi connectivity index (χ1) is 13.3. The van der Waals surface area contributed by atoms with Gasteiger partial charge in [-0.05, 0) is 26.1 Å². The van der Waals surface area contributed by atoms with Gasteiger partial charge in [-0.1, -0.05) is 30.3 Å². The van der Waals surface area contributed by atoms with E-state index in [2.05, 4.69) is 10.4 Å². The molecule has 2 fully saturated rings. The lowest BCUT2D eigenvalue weighted by Crippen LogP contribution is -2.42. The zero-order valence-electron chi connectivity index (χ0n) is 16.1. The molecule has 0 radical (unpaired) electrons. The fourth-order valence-electron chi connectivity index (χ4n) is 4.27. The number of rotatable bonds is 5. The summed E-state index contributed by atoms with van der Waals surface area (Å²) in [5, 5.41) is 7.05. The van der Waals surface area contributed by atoms with Gasteiger partial charge in [0.15, 0.2) is 5.82 Å². The van der Waals surface area contributed by atoms with E-state index in [0.29, 0.717) is 24.5 Å². The predicted octanol–water partition coefficient (Wildman–Crippen LogP) is 2.89. The van der Waals surface area contributed by atoms with E-state index in [1.165, 1.54) is 4.90 Å². The molecule has 2 unspecified atom stereocenters. The Morgan fingerprint density at radius 2 is 2.04 bits per heavy atom. The van der Waals surface area contributed by atoms with Crippen LogP contribution in [0, 0.1) is 5.92 Å². The normalized spacial score (nSPS) is 25.5. The number of alkyl halides is 2. The van der Waals surface area contributed by atoms with Gasteiger partial charge in [-0.15, -0.1) is 0 Å². The van der Waals surface area contributed by atoms with E-state index >= 15 is 0 Å². The Morgan fingerprint density at radius 1 is 1.29 bits per heavy atom. The highest BCUT2D eigenvalue weighted by atomic mass is 19.3. The van der Waals surface area contributed by atoms with E-state index < -0.39 is 17.3 Å². The molecule has 150 valence electrons. The number of nitrogens with zero attached hydrogens (tertiary/aromatic N) is 4. The fourth-order valence-corrected chi connectivity index (χ4v) is 4.27. The molecule has 8 heteroatoms. The second-order valence-electron chi connectivity index (χ2n) is 7.91. The van der Waals surface area contributed by atoms with Crippen molar-refractivity contribution >= 4 is 11.8 Å². The summed E-state index contributed by atoms with van der Waals surface area (Å²) >= 11 is 0. The van der Waals surface area contributed by atoms with Gasteiger partial charge in [0.2, 0.25) is 0 Å². The number of amides is 2. The third-order valence-electron chi connectivity index (χ3n) is 5.95. The van der Waals surface area contributed by atoms with Crippen LogP contribution in [0.25, 0.3) is 0 Å². The maximum Gasteiger partial charge on any atom is 0.323 e. The Labute approximate surface area is 163 Å². The van der Waals surface area contributed by atoms with Crippen LogP contribution in [0.3, 0.4) is 0 Å². The van der Waals surface area contributed by atoms with Crippen molar-refractivity contribution in [3.05, 3.63) is 48.2 Å². The van der Waals surface area contributed by atoms with Gasteiger partial charge in [-0.2, -0.15) is 5.10 Å². The third kappa shape index (κ3) is 3.05. The molecule has 2 aromatic rings. The summed E-state index contributed by atoms with van der Waals surface area (Å²) < 4.78 is 31.1. The maximum absolute atomic E-state index is 14.7. The summed E-state index contributed by atoms with van der Waals surface area (Å²) in [6.45, 7) is 1.89. The first-order valence-corrected chi connectivity index (χ1v) is 9.52. The molecule has 1 aliphatic heterocycles. The van der Waals surface area contributed by atoms with Crippen molar-refractivity contribution in [3.8, 4) is 0 Å². The summed E-state index contributed by atoms with van der Waals surface area (Å²) in [5.74, 6) is -3.18. The van der Waals surface area contributed by atoms with Gasteiger partial charge >= 0.3 is 6.03 Å². The predicted molar refractivity (Wildman–Crippen MR) is 103 cm³/mol. The Bertz CT molecular complexity index is 853. The number of nitrogens with one attached hydrogen (secondary N) is 1. The molecule has 1 aromatic carbocycles. The van der Waals surface area contributed by atoms with E-state index in [1.54, 1.807) is 41.2 Å². The number of carbonyl (C=O) groups excluding carboxylic acids is 1. The van der Waals surface area contributed by atoms with Crippen LogP contribution >= 0.6 is 0 Å². The summed E-state index contributed by atoms with van der Waals surface area (Å²) in [6.07, 6.45) is 2.06. The largest absolute Gasteiger partial charge is 0.324 e. The topological polar surface area (TPSA) is 53.4 Å². The van der Waals surface area contributed by atoms with Gasteiger partial charge in [-0.25, -0.2) is 13.6 Å². The molecule has 1 saturated heterocycles. The van der Waals surface area contributed by atoms with E-state index in [-0.39, 0.29) is 19.0 Å². The van der Waals surface area contributed by atoms with Crippen molar-refractivity contribution in [1.29, 1.82) is 0 Å². The number of anilines is 1. The number of likely N-dealkylation sites (N-methyl/N-ethyl adjacent to an activating group) is 1. The number of urea groups is 1. The second-order valence-corrected chi connectivity index (χ2v) is 7.91. The molecule has 2 aliphatic rings. The number of carbonyl (C=O) groups is 1. The van der Waals surface area contributed by atoms with E-state index in [0.717, 1.165) is 6.54 Å². The molecule has 28 heavy (non-hydrogen) atoms. The number of aromatic nitrogens is 2. The highest BCUT2D eigenvalue weighted by molar-refractivity contribution is 5.88. The van der Waals surface area contributed by atoms with Crippen molar-refractivity contribution in [2.24, 2.45) is 5.92 Å². The van der Waals surface area contributed by atoms with E-state index in [9.17, 15) is 13.6 Å². The van der Waals surface area contributed by atoms with Crippen molar-refractivity contribution in [2.75, 3.05) is 39.0 Å². The first kappa shape index (κ1) is 18.9. The minimum atomic E-state index is -2.78. The van der Waals surface area contributed by atoms with Crippen LogP contribution in [0.2, 0.25) is 0 Å². The summed E-state index contributed by atoms with van der Waals surface area (Å²) in [6, 6.07) is 10.3. The van der Waals surface area contributed by atoms with Crippen LogP contribution in [-0.4, -0.2) is 65.3 Å². The number of piperidine rings is 1. The summed E-state index contributed by atoms with van der Waals surface area (Å²) in [5.41, 5.74) is -0.455. The van der Waals surface area contributed by atoms with Crippen molar-refractivity contribution in [3.63, 3.8) is 0 Å². The second kappa shape index (κ2) is 6.84. The molecule has 0 spiro atoms. The third-order valence-corrected chi connectivity index (χ3v) is 5.95. The zero-order valence-corrected chi connectivity index (χ0v) is 16.1. The summed E-state index contributed by atoms with van der Waals surface area (Å²) in [7, 11) is 3.96. The first-order valence-electron chi connectivity index (χ1n) is 9.52. The molecule has 1 saturated carbocycles. The monoisotopic (exact) mass is 389 g/mol. The smallest absolute Gasteiger partial charge is 0.323 e. The number of likely N-dealkylation sites (tertiary alicyclic amines) is 1. The number of fused-ring (bicyclic) bond motifs is 1. The van der Waals surface area contributed by atoms with Gasteiger partial charge in [0.1, 0.15) is 0 Å². The van der Waals surface area contributed by atoms with Crippen molar-refractivity contribution in [1.82, 2.24) is 19.6 Å². The molecular weight excluding hydrogens is 364 g/mol.